The first-order chi connectivity index (χ1) is 9.44. The van der Waals surface area contributed by atoms with E-state index in [1.54, 1.807) is 0 Å². The lowest BCUT2D eigenvalue weighted by atomic mass is 9.91. The first-order valence-corrected chi connectivity index (χ1v) is 8.02. The van der Waals surface area contributed by atoms with Gasteiger partial charge in [-0.3, -0.25) is 9.69 Å². The minimum Gasteiger partial charge on any atom is -0.380 e. The molecule has 20 heavy (non-hydrogen) atoms. The molecule has 4 heteroatoms. The largest absolute Gasteiger partial charge is 0.380 e. The van der Waals surface area contributed by atoms with E-state index in [9.17, 15) is 4.79 Å². The van der Waals surface area contributed by atoms with Crippen LogP contribution in [-0.2, 0) is 9.53 Å². The van der Waals surface area contributed by atoms with E-state index < -0.39 is 0 Å². The Kier molecular flexibility index (Phi) is 5.44. The molecule has 0 aromatic heterocycles. The summed E-state index contributed by atoms with van der Waals surface area (Å²) in [5, 5.41) is 3.11. The van der Waals surface area contributed by atoms with Crippen LogP contribution < -0.4 is 5.32 Å². The predicted molar refractivity (Wildman–Crippen MR) is 80.6 cm³/mol. The molecule has 0 saturated carbocycles. The zero-order valence-electron chi connectivity index (χ0n) is 13.3. The van der Waals surface area contributed by atoms with Crippen molar-refractivity contribution in [2.24, 2.45) is 11.3 Å². The molecular weight excluding hydrogens is 252 g/mol. The first kappa shape index (κ1) is 15.8. The van der Waals surface area contributed by atoms with Crippen LogP contribution in [0.15, 0.2) is 0 Å². The summed E-state index contributed by atoms with van der Waals surface area (Å²) >= 11 is 0. The lowest BCUT2D eigenvalue weighted by Crippen LogP contribution is -2.44. The van der Waals surface area contributed by atoms with Crippen LogP contribution in [0.25, 0.3) is 0 Å². The summed E-state index contributed by atoms with van der Waals surface area (Å²) in [6.07, 6.45) is 4.21. The highest BCUT2D eigenvalue weighted by Crippen LogP contribution is 2.22. The van der Waals surface area contributed by atoms with Crippen molar-refractivity contribution in [1.29, 1.82) is 0 Å². The van der Waals surface area contributed by atoms with Crippen molar-refractivity contribution in [3.8, 4) is 0 Å². The molecule has 2 aliphatic rings. The van der Waals surface area contributed by atoms with Crippen molar-refractivity contribution < 1.29 is 9.53 Å². The number of amides is 1. The van der Waals surface area contributed by atoms with Crippen LogP contribution in [0.1, 0.15) is 46.5 Å². The van der Waals surface area contributed by atoms with Gasteiger partial charge in [0.15, 0.2) is 0 Å². The van der Waals surface area contributed by atoms with Gasteiger partial charge in [-0.15, -0.1) is 0 Å². The molecule has 1 amide bonds. The zero-order chi connectivity index (χ0) is 14.6. The highest BCUT2D eigenvalue weighted by Gasteiger charge is 2.27. The van der Waals surface area contributed by atoms with Crippen molar-refractivity contribution in [1.82, 2.24) is 10.2 Å². The minimum absolute atomic E-state index is 0.0793. The summed E-state index contributed by atoms with van der Waals surface area (Å²) in [5.41, 5.74) is 0.0793. The Labute approximate surface area is 123 Å². The van der Waals surface area contributed by atoms with E-state index in [4.69, 9.17) is 4.74 Å². The van der Waals surface area contributed by atoms with Crippen molar-refractivity contribution in [3.05, 3.63) is 0 Å². The van der Waals surface area contributed by atoms with E-state index >= 15 is 0 Å². The number of likely N-dealkylation sites (tertiary alicyclic amines) is 1. The molecule has 2 fully saturated rings. The third-order valence-corrected chi connectivity index (χ3v) is 4.35. The van der Waals surface area contributed by atoms with Crippen molar-refractivity contribution in [2.75, 3.05) is 32.8 Å². The number of carbonyl (C=O) groups excluding carboxylic acids is 1. The number of rotatable bonds is 4. The maximum atomic E-state index is 11.8. The van der Waals surface area contributed by atoms with E-state index in [0.717, 1.165) is 32.8 Å². The Balaban J connectivity index is 1.63. The summed E-state index contributed by atoms with van der Waals surface area (Å²) < 4.78 is 5.46. The summed E-state index contributed by atoms with van der Waals surface area (Å²) in [6, 6.07) is 0.645. The van der Waals surface area contributed by atoms with E-state index in [-0.39, 0.29) is 11.3 Å². The predicted octanol–water partition coefficient (Wildman–Crippen LogP) is 2.04. The van der Waals surface area contributed by atoms with Gasteiger partial charge in [0.25, 0.3) is 0 Å². The Morgan fingerprint density at radius 1 is 1.25 bits per heavy atom. The third kappa shape index (κ3) is 5.06. The molecule has 0 unspecified atom stereocenters. The van der Waals surface area contributed by atoms with Crippen LogP contribution in [0.2, 0.25) is 0 Å². The lowest BCUT2D eigenvalue weighted by Gasteiger charge is -2.35. The second-order valence-corrected chi connectivity index (χ2v) is 7.54. The summed E-state index contributed by atoms with van der Waals surface area (Å²) in [5.74, 6) is 0.849. The average Bonchev–Trinajstić information content (AvgIpc) is 2.89. The van der Waals surface area contributed by atoms with E-state index in [1.807, 2.05) is 0 Å². The fourth-order valence-corrected chi connectivity index (χ4v) is 3.13. The maximum absolute atomic E-state index is 11.8. The third-order valence-electron chi connectivity index (χ3n) is 4.35. The number of nitrogens with zero attached hydrogens (tertiary/aromatic N) is 1. The second kappa shape index (κ2) is 6.90. The summed E-state index contributed by atoms with van der Waals surface area (Å²) in [4.78, 5) is 14.4. The van der Waals surface area contributed by atoms with Crippen LogP contribution >= 0.6 is 0 Å². The molecule has 0 radical (unpaired) electrons. The van der Waals surface area contributed by atoms with E-state index in [2.05, 4.69) is 31.0 Å². The Bertz CT molecular complexity index is 311. The van der Waals surface area contributed by atoms with Gasteiger partial charge < -0.3 is 10.1 Å². The molecule has 2 heterocycles. The molecule has 0 spiro atoms. The van der Waals surface area contributed by atoms with Gasteiger partial charge in [-0.1, -0.05) is 20.8 Å². The molecule has 4 nitrogen and oxygen atoms in total. The number of nitrogens with one attached hydrogen (secondary N) is 1. The van der Waals surface area contributed by atoms with Gasteiger partial charge in [-0.25, -0.2) is 0 Å². The number of piperidine rings is 1. The number of ether oxygens (including phenoxy) is 1. The Morgan fingerprint density at radius 2 is 1.95 bits per heavy atom. The normalized spacial score (nSPS) is 25.9. The van der Waals surface area contributed by atoms with Crippen LogP contribution in [0.3, 0.4) is 0 Å². The molecule has 0 bridgehead atoms. The van der Waals surface area contributed by atoms with Gasteiger partial charge in [0.05, 0.1) is 6.61 Å². The van der Waals surface area contributed by atoms with Crippen molar-refractivity contribution in [3.63, 3.8) is 0 Å². The van der Waals surface area contributed by atoms with Crippen LogP contribution in [0.4, 0.5) is 0 Å². The van der Waals surface area contributed by atoms with E-state index in [0.29, 0.717) is 18.4 Å². The van der Waals surface area contributed by atoms with Gasteiger partial charge in [0.2, 0.25) is 5.91 Å². The first-order valence-electron chi connectivity index (χ1n) is 8.02. The molecule has 2 saturated heterocycles. The quantitative estimate of drug-likeness (QED) is 0.858. The molecule has 0 aromatic carbocycles. The molecule has 0 aromatic rings. The molecule has 1 atom stereocenters. The van der Waals surface area contributed by atoms with E-state index in [1.165, 1.54) is 19.3 Å². The van der Waals surface area contributed by atoms with Crippen molar-refractivity contribution >= 4 is 5.91 Å². The standard InChI is InChI=1S/C16H30N2O2/c1-16(2,3)10-15(19)17-11-13-4-7-18(8-5-13)14-6-9-20-12-14/h13-14H,4-12H2,1-3H3,(H,17,19)/t14-/m1/s1. The fraction of sp³-hybridized carbons (Fsp3) is 0.938. The van der Waals surface area contributed by atoms with Crippen LogP contribution in [-0.4, -0.2) is 49.7 Å². The van der Waals surface area contributed by atoms with Gasteiger partial charge in [0, 0.05) is 25.6 Å². The smallest absolute Gasteiger partial charge is 0.220 e. The summed E-state index contributed by atoms with van der Waals surface area (Å²) in [7, 11) is 0. The van der Waals surface area contributed by atoms with Crippen molar-refractivity contribution in [2.45, 2.75) is 52.5 Å². The molecule has 1 N–H and O–H groups in total. The number of hydrogen-bond donors (Lipinski definition) is 1. The molecule has 2 aliphatic heterocycles. The monoisotopic (exact) mass is 282 g/mol. The fourth-order valence-electron chi connectivity index (χ4n) is 3.13. The number of hydrogen-bond acceptors (Lipinski definition) is 3. The lowest BCUT2D eigenvalue weighted by molar-refractivity contribution is -0.123. The average molecular weight is 282 g/mol. The number of carbonyl (C=O) groups is 1. The van der Waals surface area contributed by atoms with Crippen LogP contribution in [0.5, 0.6) is 0 Å². The second-order valence-electron chi connectivity index (χ2n) is 7.54. The highest BCUT2D eigenvalue weighted by molar-refractivity contribution is 5.76. The zero-order valence-corrected chi connectivity index (χ0v) is 13.3. The maximum Gasteiger partial charge on any atom is 0.220 e. The van der Waals surface area contributed by atoms with Gasteiger partial charge in [-0.05, 0) is 43.7 Å². The highest BCUT2D eigenvalue weighted by atomic mass is 16.5. The Morgan fingerprint density at radius 3 is 2.50 bits per heavy atom. The SMILES string of the molecule is CC(C)(C)CC(=O)NCC1CCN([C@@H]2CCOC2)CC1. The topological polar surface area (TPSA) is 41.6 Å². The molecule has 2 rings (SSSR count). The molecule has 116 valence electrons. The summed E-state index contributed by atoms with van der Waals surface area (Å²) in [6.45, 7) is 11.3. The van der Waals surface area contributed by atoms with Gasteiger partial charge in [0.1, 0.15) is 0 Å². The molecule has 0 aliphatic carbocycles. The van der Waals surface area contributed by atoms with Gasteiger partial charge >= 0.3 is 0 Å². The molecular formula is C16H30N2O2. The minimum atomic E-state index is 0.0793. The van der Waals surface area contributed by atoms with Gasteiger partial charge in [-0.2, -0.15) is 0 Å². The Hall–Kier alpha value is -0.610. The van der Waals surface area contributed by atoms with Crippen LogP contribution in [0, 0.1) is 11.3 Å².